The molecule has 0 saturated carbocycles. The van der Waals surface area contributed by atoms with Crippen LogP contribution in [0, 0.1) is 0 Å². The zero-order valence-electron chi connectivity index (χ0n) is 5.42. The Balaban J connectivity index is 2.48. The van der Waals surface area contributed by atoms with Crippen molar-refractivity contribution in [1.29, 1.82) is 0 Å². The summed E-state index contributed by atoms with van der Waals surface area (Å²) >= 11 is 0. The number of nitrogens with one attached hydrogen (secondary N) is 2. The lowest BCUT2D eigenvalue weighted by Crippen LogP contribution is -1.96. The fraction of sp³-hybridized carbons (Fsp3) is 0.250. The van der Waals surface area contributed by atoms with E-state index in [0.29, 0.717) is 5.88 Å². The Morgan fingerprint density at radius 1 is 1.90 bits per heavy atom. The van der Waals surface area contributed by atoms with Crippen LogP contribution in [0.3, 0.4) is 0 Å². The monoisotopic (exact) mass is 161 g/mol. The molecule has 10 heavy (non-hydrogen) atoms. The Morgan fingerprint density at radius 2 is 2.70 bits per heavy atom. The molecule has 0 aromatic carbocycles. The van der Waals surface area contributed by atoms with E-state index in [9.17, 15) is 4.57 Å². The van der Waals surface area contributed by atoms with Crippen molar-refractivity contribution >= 4 is 8.18 Å². The summed E-state index contributed by atoms with van der Waals surface area (Å²) in [5.41, 5.74) is 0. The maximum atomic E-state index is 10.7. The van der Waals surface area contributed by atoms with Gasteiger partial charge in [-0.25, -0.2) is 5.09 Å². The second-order valence-electron chi connectivity index (χ2n) is 1.55. The lowest BCUT2D eigenvalue weighted by Gasteiger charge is -1.97. The number of nitrogens with zero attached hydrogens (tertiary/aromatic N) is 1. The molecule has 0 fully saturated rings. The topological polar surface area (TPSA) is 67.0 Å². The highest BCUT2D eigenvalue weighted by molar-refractivity contribution is 7.37. The Hall–Kier alpha value is -0.800. The summed E-state index contributed by atoms with van der Waals surface area (Å²) in [5.74, 6) is 0.346. The van der Waals surface area contributed by atoms with Crippen LogP contribution in [0.25, 0.3) is 0 Å². The minimum Gasteiger partial charge on any atom is -0.414 e. The number of aromatic amines is 1. The van der Waals surface area contributed by atoms with Crippen molar-refractivity contribution in [2.24, 2.45) is 0 Å². The highest BCUT2D eigenvalue weighted by Crippen LogP contribution is 2.18. The largest absolute Gasteiger partial charge is 0.414 e. The molecule has 0 aliphatic carbocycles. The normalized spacial score (nSPS) is 12.9. The minimum absolute atomic E-state index is 0.346. The van der Waals surface area contributed by atoms with E-state index < -0.39 is 8.18 Å². The lowest BCUT2D eigenvalue weighted by molar-refractivity contribution is 0.486. The highest BCUT2D eigenvalue weighted by atomic mass is 31.1. The van der Waals surface area contributed by atoms with Gasteiger partial charge < -0.3 is 4.52 Å². The van der Waals surface area contributed by atoms with E-state index >= 15 is 0 Å². The first-order chi connectivity index (χ1) is 4.83. The smallest absolute Gasteiger partial charge is 0.306 e. The van der Waals surface area contributed by atoms with Gasteiger partial charge in [0.1, 0.15) is 0 Å². The summed E-state index contributed by atoms with van der Waals surface area (Å²) in [7, 11) is -0.571. The molecule has 5 nitrogen and oxygen atoms in total. The third-order valence-electron chi connectivity index (χ3n) is 0.877. The van der Waals surface area contributed by atoms with E-state index in [2.05, 4.69) is 15.3 Å². The van der Waals surface area contributed by atoms with Gasteiger partial charge in [0.05, 0.1) is 0 Å². The van der Waals surface area contributed by atoms with E-state index in [1.165, 1.54) is 0 Å². The number of H-pyrrole nitrogens is 1. The van der Waals surface area contributed by atoms with Crippen molar-refractivity contribution in [3.8, 4) is 5.88 Å². The van der Waals surface area contributed by atoms with Gasteiger partial charge in [0.2, 0.25) is 5.88 Å². The molecule has 1 aromatic rings. The highest BCUT2D eigenvalue weighted by Gasteiger charge is 1.97. The van der Waals surface area contributed by atoms with Gasteiger partial charge >= 0.3 is 8.18 Å². The number of aromatic nitrogens is 2. The van der Waals surface area contributed by atoms with Crippen molar-refractivity contribution in [1.82, 2.24) is 15.3 Å². The second kappa shape index (κ2) is 3.39. The third-order valence-corrected chi connectivity index (χ3v) is 1.68. The molecule has 0 saturated heterocycles. The Kier molecular flexibility index (Phi) is 2.48. The first kappa shape index (κ1) is 7.31. The molecular formula is C4H8N3O2P. The van der Waals surface area contributed by atoms with Crippen LogP contribution in [0.15, 0.2) is 12.3 Å². The van der Waals surface area contributed by atoms with Gasteiger partial charge in [0.25, 0.3) is 0 Å². The molecule has 1 rings (SSSR count). The van der Waals surface area contributed by atoms with Crippen LogP contribution >= 0.6 is 8.18 Å². The quantitative estimate of drug-likeness (QED) is 0.629. The molecule has 1 atom stereocenters. The van der Waals surface area contributed by atoms with Crippen LogP contribution in [-0.2, 0) is 4.57 Å². The summed E-state index contributed by atoms with van der Waals surface area (Å²) in [4.78, 5) is 0. The van der Waals surface area contributed by atoms with Gasteiger partial charge in [0, 0.05) is 12.3 Å². The van der Waals surface area contributed by atoms with Crippen molar-refractivity contribution < 1.29 is 9.09 Å². The second-order valence-corrected chi connectivity index (χ2v) is 2.83. The molecule has 56 valence electrons. The molecule has 0 aliphatic heterocycles. The average Bonchev–Trinajstić information content (AvgIpc) is 2.40. The summed E-state index contributed by atoms with van der Waals surface area (Å²) < 4.78 is 15.5. The lowest BCUT2D eigenvalue weighted by atomic mass is 10.7. The van der Waals surface area contributed by atoms with Crippen LogP contribution in [0.4, 0.5) is 0 Å². The minimum atomic E-state index is -2.13. The van der Waals surface area contributed by atoms with E-state index in [0.717, 1.165) is 0 Å². The summed E-state index contributed by atoms with van der Waals surface area (Å²) in [6.07, 6.45) is 1.60. The molecular weight excluding hydrogens is 153 g/mol. The number of hydrogen-bond donors (Lipinski definition) is 2. The van der Waals surface area contributed by atoms with Crippen LogP contribution < -0.4 is 9.61 Å². The molecule has 0 aliphatic rings. The van der Waals surface area contributed by atoms with Crippen LogP contribution in [0.1, 0.15) is 0 Å². The van der Waals surface area contributed by atoms with Crippen molar-refractivity contribution in [3.05, 3.63) is 12.3 Å². The van der Waals surface area contributed by atoms with Crippen LogP contribution in [0.2, 0.25) is 0 Å². The van der Waals surface area contributed by atoms with E-state index in [1.807, 2.05) is 0 Å². The summed E-state index contributed by atoms with van der Waals surface area (Å²) in [5, 5.41) is 8.65. The molecule has 6 heteroatoms. The SMILES string of the molecule is CN[PH](=O)Oc1cc[nH]n1. The van der Waals surface area contributed by atoms with Crippen LogP contribution in [-0.4, -0.2) is 17.2 Å². The van der Waals surface area contributed by atoms with Gasteiger partial charge in [-0.1, -0.05) is 0 Å². The first-order valence-corrected chi connectivity index (χ1v) is 4.04. The average molecular weight is 161 g/mol. The van der Waals surface area contributed by atoms with Crippen molar-refractivity contribution in [3.63, 3.8) is 0 Å². The summed E-state index contributed by atoms with van der Waals surface area (Å²) in [6, 6.07) is 1.60. The predicted octanol–water partition coefficient (Wildman–Crippen LogP) is 0.398. The Bertz CT molecular complexity index is 210. The Morgan fingerprint density at radius 3 is 3.20 bits per heavy atom. The summed E-state index contributed by atoms with van der Waals surface area (Å²) in [6.45, 7) is 0. The van der Waals surface area contributed by atoms with Gasteiger partial charge in [-0.15, -0.1) is 5.10 Å². The van der Waals surface area contributed by atoms with E-state index in [-0.39, 0.29) is 0 Å². The predicted molar refractivity (Wildman–Crippen MR) is 37.3 cm³/mol. The van der Waals surface area contributed by atoms with Gasteiger partial charge in [0.15, 0.2) is 0 Å². The van der Waals surface area contributed by atoms with Gasteiger partial charge in [-0.2, -0.15) is 0 Å². The number of hydrogen-bond acceptors (Lipinski definition) is 3. The fourth-order valence-corrected chi connectivity index (χ4v) is 0.855. The van der Waals surface area contributed by atoms with Gasteiger partial charge in [-0.3, -0.25) is 9.66 Å². The molecule has 2 N–H and O–H groups in total. The standard InChI is InChI=1S/C4H8N3O2P/c1-5-10(8)9-4-2-3-6-7-4/h2-3,10H,1H3,(H,5,8)(H,6,7). The maximum Gasteiger partial charge on any atom is 0.306 e. The zero-order valence-corrected chi connectivity index (χ0v) is 6.42. The molecule has 0 spiro atoms. The van der Waals surface area contributed by atoms with Crippen molar-refractivity contribution in [2.45, 2.75) is 0 Å². The fourth-order valence-electron chi connectivity index (χ4n) is 0.450. The maximum absolute atomic E-state index is 10.7. The molecule has 0 bridgehead atoms. The van der Waals surface area contributed by atoms with Gasteiger partial charge in [-0.05, 0) is 7.05 Å². The molecule has 1 heterocycles. The molecule has 1 aromatic heterocycles. The van der Waals surface area contributed by atoms with E-state index in [4.69, 9.17) is 4.52 Å². The Labute approximate surface area is 58.7 Å². The zero-order chi connectivity index (χ0) is 7.40. The molecule has 0 radical (unpaired) electrons. The van der Waals surface area contributed by atoms with Crippen molar-refractivity contribution in [2.75, 3.05) is 7.05 Å². The first-order valence-electron chi connectivity index (χ1n) is 2.72. The number of rotatable bonds is 3. The van der Waals surface area contributed by atoms with E-state index in [1.54, 1.807) is 19.3 Å². The van der Waals surface area contributed by atoms with Crippen LogP contribution in [0.5, 0.6) is 5.88 Å². The molecule has 0 amide bonds. The molecule has 1 unspecified atom stereocenters. The third kappa shape index (κ3) is 1.86.